The van der Waals surface area contributed by atoms with Crippen LogP contribution in [-0.2, 0) is 10.3 Å². The van der Waals surface area contributed by atoms with E-state index in [0.717, 1.165) is 16.8 Å². The van der Waals surface area contributed by atoms with Crippen LogP contribution in [-0.4, -0.2) is 24.9 Å². The van der Waals surface area contributed by atoms with Crippen LogP contribution in [0.1, 0.15) is 11.1 Å². The molecule has 0 bridgehead atoms. The number of rotatable bonds is 2. The lowest BCUT2D eigenvalue weighted by atomic mass is 9.83. The minimum atomic E-state index is -0.738. The topological polar surface area (TPSA) is 32.3 Å². The molecule has 0 saturated heterocycles. The van der Waals surface area contributed by atoms with Crippen molar-refractivity contribution in [2.24, 2.45) is 0 Å². The van der Waals surface area contributed by atoms with Crippen molar-refractivity contribution < 1.29 is 4.79 Å². The summed E-state index contributed by atoms with van der Waals surface area (Å²) >= 11 is 0. The second kappa shape index (κ2) is 4.21. The Morgan fingerprint density at radius 2 is 1.58 bits per heavy atom. The van der Waals surface area contributed by atoms with Gasteiger partial charge in [-0.25, -0.2) is 0 Å². The quantitative estimate of drug-likeness (QED) is 0.890. The Hall–Kier alpha value is -2.13. The molecule has 1 unspecified atom stereocenters. The van der Waals surface area contributed by atoms with E-state index in [9.17, 15) is 4.79 Å². The minimum absolute atomic E-state index is 0.00454. The largest absolute Gasteiger partial charge is 0.324 e. The van der Waals surface area contributed by atoms with Crippen molar-refractivity contribution in [2.75, 3.05) is 19.4 Å². The normalized spacial score (nSPS) is 21.3. The Balaban J connectivity index is 2.31. The first kappa shape index (κ1) is 11.9. The van der Waals surface area contributed by atoms with Gasteiger partial charge in [-0.15, -0.1) is 0 Å². The zero-order valence-corrected chi connectivity index (χ0v) is 11.1. The van der Waals surface area contributed by atoms with Gasteiger partial charge in [-0.2, -0.15) is 0 Å². The van der Waals surface area contributed by atoms with Crippen LogP contribution in [0, 0.1) is 0 Å². The lowest BCUT2D eigenvalue weighted by molar-refractivity contribution is -0.123. The molecule has 2 aromatic rings. The zero-order chi connectivity index (χ0) is 13.5. The molecule has 96 valence electrons. The number of fused-ring (bicyclic) bond motifs is 1. The predicted octanol–water partition coefficient (Wildman–Crippen LogP) is 2.44. The molecule has 1 atom stereocenters. The first-order chi connectivity index (χ1) is 9.17. The van der Waals surface area contributed by atoms with Gasteiger partial charge in [0.15, 0.2) is 5.54 Å². The molecule has 0 saturated carbocycles. The number of carbonyl (C=O) groups excluding carboxylic acids is 1. The number of hydrogen-bond acceptors (Lipinski definition) is 2. The molecule has 1 aliphatic heterocycles. The summed E-state index contributed by atoms with van der Waals surface area (Å²) in [7, 11) is 3.88. The Morgan fingerprint density at radius 1 is 0.947 bits per heavy atom. The van der Waals surface area contributed by atoms with Crippen molar-refractivity contribution >= 4 is 11.6 Å². The number of hydrogen-bond donors (Lipinski definition) is 1. The maximum Gasteiger partial charge on any atom is 0.254 e. The molecule has 2 aromatic carbocycles. The van der Waals surface area contributed by atoms with Crippen LogP contribution in [0.3, 0.4) is 0 Å². The van der Waals surface area contributed by atoms with Crippen molar-refractivity contribution in [3.63, 3.8) is 0 Å². The van der Waals surface area contributed by atoms with Gasteiger partial charge in [0.2, 0.25) is 0 Å². The molecular formula is C16H16N2O. The second-order valence-electron chi connectivity index (χ2n) is 4.97. The molecule has 3 nitrogen and oxygen atoms in total. The fraction of sp³-hybridized carbons (Fsp3) is 0.188. The highest BCUT2D eigenvalue weighted by Gasteiger charge is 2.49. The summed E-state index contributed by atoms with van der Waals surface area (Å²) in [5, 5.41) is 2.99. The Bertz CT molecular complexity index is 622. The third kappa shape index (κ3) is 1.52. The van der Waals surface area contributed by atoms with E-state index in [4.69, 9.17) is 0 Å². The number of nitrogens with one attached hydrogen (secondary N) is 1. The van der Waals surface area contributed by atoms with Gasteiger partial charge in [0.25, 0.3) is 5.91 Å². The summed E-state index contributed by atoms with van der Waals surface area (Å²) in [5.74, 6) is 0.00454. The van der Waals surface area contributed by atoms with E-state index in [1.807, 2.05) is 73.6 Å². The Labute approximate surface area is 112 Å². The van der Waals surface area contributed by atoms with Crippen LogP contribution in [0.15, 0.2) is 54.6 Å². The molecule has 0 fully saturated rings. The summed E-state index contributed by atoms with van der Waals surface area (Å²) in [6.45, 7) is 0. The summed E-state index contributed by atoms with van der Waals surface area (Å²) in [6.07, 6.45) is 0. The molecule has 0 radical (unpaired) electrons. The highest BCUT2D eigenvalue weighted by atomic mass is 16.2. The average Bonchev–Trinajstić information content (AvgIpc) is 2.72. The number of carbonyl (C=O) groups is 1. The van der Waals surface area contributed by atoms with Crippen LogP contribution in [0.4, 0.5) is 5.69 Å². The average molecular weight is 252 g/mol. The summed E-state index contributed by atoms with van der Waals surface area (Å²) in [4.78, 5) is 14.6. The van der Waals surface area contributed by atoms with Crippen molar-refractivity contribution in [3.8, 4) is 0 Å². The van der Waals surface area contributed by atoms with E-state index in [1.165, 1.54) is 0 Å². The molecule has 0 aromatic heterocycles. The van der Waals surface area contributed by atoms with Crippen molar-refractivity contribution in [1.29, 1.82) is 0 Å². The maximum absolute atomic E-state index is 12.6. The molecule has 19 heavy (non-hydrogen) atoms. The SMILES string of the molecule is CN(C)C1(c2ccccc2)C(=O)Nc2ccccc21. The lowest BCUT2D eigenvalue weighted by Crippen LogP contribution is -2.48. The van der Waals surface area contributed by atoms with Crippen LogP contribution in [0.2, 0.25) is 0 Å². The van der Waals surface area contributed by atoms with Gasteiger partial charge in [-0.3, -0.25) is 9.69 Å². The fourth-order valence-electron chi connectivity index (χ4n) is 2.91. The molecule has 3 heteroatoms. The maximum atomic E-state index is 12.6. The highest BCUT2D eigenvalue weighted by Crippen LogP contribution is 2.43. The summed E-state index contributed by atoms with van der Waals surface area (Å²) in [5.41, 5.74) is 2.15. The number of amides is 1. The van der Waals surface area contributed by atoms with E-state index in [-0.39, 0.29) is 5.91 Å². The summed E-state index contributed by atoms with van der Waals surface area (Å²) < 4.78 is 0. The third-order valence-corrected chi connectivity index (χ3v) is 3.76. The monoisotopic (exact) mass is 252 g/mol. The molecule has 1 heterocycles. The number of likely N-dealkylation sites (N-methyl/N-ethyl adjacent to an activating group) is 1. The van der Waals surface area contributed by atoms with Gasteiger partial charge in [0.05, 0.1) is 0 Å². The first-order valence-corrected chi connectivity index (χ1v) is 6.31. The molecule has 0 spiro atoms. The lowest BCUT2D eigenvalue weighted by Gasteiger charge is -2.34. The van der Waals surface area contributed by atoms with Gasteiger partial charge in [-0.05, 0) is 25.7 Å². The van der Waals surface area contributed by atoms with E-state index >= 15 is 0 Å². The van der Waals surface area contributed by atoms with Crippen LogP contribution in [0.5, 0.6) is 0 Å². The van der Waals surface area contributed by atoms with E-state index < -0.39 is 5.54 Å². The number of benzene rings is 2. The van der Waals surface area contributed by atoms with Gasteiger partial charge in [-0.1, -0.05) is 48.5 Å². The molecule has 1 amide bonds. The second-order valence-corrected chi connectivity index (χ2v) is 4.97. The smallest absolute Gasteiger partial charge is 0.254 e. The molecular weight excluding hydrogens is 236 g/mol. The van der Waals surface area contributed by atoms with Gasteiger partial charge in [0, 0.05) is 11.3 Å². The highest BCUT2D eigenvalue weighted by molar-refractivity contribution is 6.08. The molecule has 1 N–H and O–H groups in total. The molecule has 3 rings (SSSR count). The van der Waals surface area contributed by atoms with Crippen LogP contribution >= 0.6 is 0 Å². The zero-order valence-electron chi connectivity index (χ0n) is 11.1. The molecule has 1 aliphatic rings. The number of nitrogens with zero attached hydrogens (tertiary/aromatic N) is 1. The predicted molar refractivity (Wildman–Crippen MR) is 76.0 cm³/mol. The number of para-hydroxylation sites is 1. The van der Waals surface area contributed by atoms with Crippen LogP contribution in [0.25, 0.3) is 0 Å². The van der Waals surface area contributed by atoms with Crippen molar-refractivity contribution in [3.05, 3.63) is 65.7 Å². The Morgan fingerprint density at radius 3 is 2.26 bits per heavy atom. The third-order valence-electron chi connectivity index (χ3n) is 3.76. The standard InChI is InChI=1S/C16H16N2O/c1-18(2)16(12-8-4-3-5-9-12)13-10-6-7-11-14(13)17-15(16)19/h3-11H,1-2H3,(H,17,19). The number of anilines is 1. The van der Waals surface area contributed by atoms with Gasteiger partial charge in [0.1, 0.15) is 0 Å². The Kier molecular flexibility index (Phi) is 2.64. The molecule has 0 aliphatic carbocycles. The van der Waals surface area contributed by atoms with Crippen LogP contribution < -0.4 is 5.32 Å². The van der Waals surface area contributed by atoms with Crippen molar-refractivity contribution in [1.82, 2.24) is 4.90 Å². The van der Waals surface area contributed by atoms with Gasteiger partial charge >= 0.3 is 0 Å². The van der Waals surface area contributed by atoms with Gasteiger partial charge < -0.3 is 5.32 Å². The minimum Gasteiger partial charge on any atom is -0.324 e. The fourth-order valence-corrected chi connectivity index (χ4v) is 2.91. The van der Waals surface area contributed by atoms with E-state index in [1.54, 1.807) is 0 Å². The van der Waals surface area contributed by atoms with Crippen molar-refractivity contribution in [2.45, 2.75) is 5.54 Å². The first-order valence-electron chi connectivity index (χ1n) is 6.31. The van der Waals surface area contributed by atoms with E-state index in [2.05, 4.69) is 5.32 Å². The van der Waals surface area contributed by atoms with E-state index in [0.29, 0.717) is 0 Å². The summed E-state index contributed by atoms with van der Waals surface area (Å²) in [6, 6.07) is 17.8.